The average Bonchev–Trinajstić information content (AvgIpc) is 2.43. The molecule has 0 radical (unpaired) electrons. The third kappa shape index (κ3) is 2.53. The van der Waals surface area contributed by atoms with Crippen molar-refractivity contribution >= 4 is 11.7 Å². The SMILES string of the molecule is COC(=O)C1=C(C)N=C(C)C(C)C1c1ccc(C)cc1. The summed E-state index contributed by atoms with van der Waals surface area (Å²) in [6.07, 6.45) is 0. The molecule has 0 aromatic heterocycles. The van der Waals surface area contributed by atoms with Gasteiger partial charge in [0.2, 0.25) is 0 Å². The van der Waals surface area contributed by atoms with Crippen LogP contribution in [-0.4, -0.2) is 18.8 Å². The van der Waals surface area contributed by atoms with Crippen molar-refractivity contribution < 1.29 is 9.53 Å². The molecule has 20 heavy (non-hydrogen) atoms. The summed E-state index contributed by atoms with van der Waals surface area (Å²) in [6, 6.07) is 8.33. The maximum atomic E-state index is 12.1. The summed E-state index contributed by atoms with van der Waals surface area (Å²) in [7, 11) is 1.42. The van der Waals surface area contributed by atoms with Crippen LogP contribution in [0.3, 0.4) is 0 Å². The molecule has 1 heterocycles. The van der Waals surface area contributed by atoms with Gasteiger partial charge in [-0.15, -0.1) is 0 Å². The van der Waals surface area contributed by atoms with Crippen LogP contribution >= 0.6 is 0 Å². The Labute approximate surface area is 120 Å². The number of methoxy groups -OCH3 is 1. The number of nitrogens with zero attached hydrogens (tertiary/aromatic N) is 1. The van der Waals surface area contributed by atoms with Gasteiger partial charge in [-0.2, -0.15) is 0 Å². The second-order valence-corrected chi connectivity index (χ2v) is 5.42. The molecule has 2 rings (SSSR count). The van der Waals surface area contributed by atoms with E-state index in [1.807, 2.05) is 13.8 Å². The fourth-order valence-electron chi connectivity index (χ4n) is 2.76. The summed E-state index contributed by atoms with van der Waals surface area (Å²) in [4.78, 5) is 16.6. The van der Waals surface area contributed by atoms with Crippen molar-refractivity contribution in [1.82, 2.24) is 0 Å². The number of esters is 1. The van der Waals surface area contributed by atoms with Crippen LogP contribution in [0.5, 0.6) is 0 Å². The Morgan fingerprint density at radius 1 is 1.15 bits per heavy atom. The standard InChI is InChI=1S/C17H21NO2/c1-10-6-8-14(9-7-10)15-11(2)12(3)18-13(4)16(15)17(19)20-5/h6-9,11,15H,1-5H3. The van der Waals surface area contributed by atoms with Gasteiger partial charge in [0.25, 0.3) is 0 Å². The van der Waals surface area contributed by atoms with Crippen LogP contribution in [0.15, 0.2) is 40.5 Å². The molecule has 2 atom stereocenters. The molecule has 2 unspecified atom stereocenters. The van der Waals surface area contributed by atoms with Gasteiger partial charge in [0, 0.05) is 23.2 Å². The van der Waals surface area contributed by atoms with E-state index in [0.717, 1.165) is 17.0 Å². The van der Waals surface area contributed by atoms with Gasteiger partial charge < -0.3 is 4.74 Å². The van der Waals surface area contributed by atoms with Gasteiger partial charge in [0.1, 0.15) is 0 Å². The number of benzene rings is 1. The van der Waals surface area contributed by atoms with Crippen LogP contribution in [0.1, 0.15) is 37.8 Å². The monoisotopic (exact) mass is 271 g/mol. The number of aryl methyl sites for hydroxylation is 1. The van der Waals surface area contributed by atoms with Crippen molar-refractivity contribution in [3.8, 4) is 0 Å². The first-order valence-electron chi connectivity index (χ1n) is 6.86. The highest BCUT2D eigenvalue weighted by Gasteiger charge is 2.34. The summed E-state index contributed by atoms with van der Waals surface area (Å²) >= 11 is 0. The van der Waals surface area contributed by atoms with Crippen molar-refractivity contribution in [1.29, 1.82) is 0 Å². The minimum atomic E-state index is -0.281. The Balaban J connectivity index is 2.55. The van der Waals surface area contributed by atoms with Gasteiger partial charge in [-0.05, 0) is 26.3 Å². The van der Waals surface area contributed by atoms with Gasteiger partial charge in [-0.25, -0.2) is 4.79 Å². The maximum Gasteiger partial charge on any atom is 0.336 e. The van der Waals surface area contributed by atoms with Gasteiger partial charge in [-0.3, -0.25) is 4.99 Å². The lowest BCUT2D eigenvalue weighted by atomic mass is 9.76. The first kappa shape index (κ1) is 14.5. The molecule has 0 bridgehead atoms. The Kier molecular flexibility index (Phi) is 4.07. The van der Waals surface area contributed by atoms with Crippen molar-refractivity contribution in [2.45, 2.75) is 33.6 Å². The average molecular weight is 271 g/mol. The zero-order chi connectivity index (χ0) is 14.9. The predicted molar refractivity (Wildman–Crippen MR) is 80.9 cm³/mol. The molecule has 0 N–H and O–H groups in total. The van der Waals surface area contributed by atoms with Crippen molar-refractivity contribution in [2.24, 2.45) is 10.9 Å². The molecule has 0 aliphatic carbocycles. The third-order valence-corrected chi connectivity index (χ3v) is 4.05. The van der Waals surface area contributed by atoms with Gasteiger partial charge >= 0.3 is 5.97 Å². The molecule has 0 spiro atoms. The molecule has 0 amide bonds. The Morgan fingerprint density at radius 2 is 1.75 bits per heavy atom. The molecule has 1 aliphatic heterocycles. The molecule has 106 valence electrons. The van der Waals surface area contributed by atoms with E-state index < -0.39 is 0 Å². The normalized spacial score (nSPS) is 22.6. The van der Waals surface area contributed by atoms with Crippen LogP contribution in [0.25, 0.3) is 0 Å². The summed E-state index contributed by atoms with van der Waals surface area (Å²) in [5.41, 5.74) is 4.84. The Morgan fingerprint density at radius 3 is 2.30 bits per heavy atom. The highest BCUT2D eigenvalue weighted by atomic mass is 16.5. The number of hydrogen-bond acceptors (Lipinski definition) is 3. The van der Waals surface area contributed by atoms with E-state index in [-0.39, 0.29) is 17.8 Å². The number of ether oxygens (including phenoxy) is 1. The summed E-state index contributed by atoms with van der Waals surface area (Å²) in [5, 5.41) is 0. The van der Waals surface area contributed by atoms with Gasteiger partial charge in [0.15, 0.2) is 0 Å². The number of carbonyl (C=O) groups excluding carboxylic acids is 1. The molecular weight excluding hydrogens is 250 g/mol. The van der Waals surface area contributed by atoms with E-state index >= 15 is 0 Å². The Hall–Kier alpha value is -1.90. The minimum Gasteiger partial charge on any atom is -0.466 e. The highest BCUT2D eigenvalue weighted by Crippen LogP contribution is 2.38. The molecular formula is C17H21NO2. The van der Waals surface area contributed by atoms with Crippen LogP contribution in [-0.2, 0) is 9.53 Å². The van der Waals surface area contributed by atoms with Crippen LogP contribution in [0, 0.1) is 12.8 Å². The molecule has 0 saturated heterocycles. The van der Waals surface area contributed by atoms with Crippen molar-refractivity contribution in [3.05, 3.63) is 46.7 Å². The molecule has 1 aromatic carbocycles. The predicted octanol–water partition coefficient (Wildman–Crippen LogP) is 3.64. The smallest absolute Gasteiger partial charge is 0.336 e. The number of hydrogen-bond donors (Lipinski definition) is 0. The van der Waals surface area contributed by atoms with Crippen molar-refractivity contribution in [2.75, 3.05) is 7.11 Å². The molecule has 3 nitrogen and oxygen atoms in total. The molecule has 0 saturated carbocycles. The summed E-state index contributed by atoms with van der Waals surface area (Å²) in [5.74, 6) is -0.0766. The summed E-state index contributed by atoms with van der Waals surface area (Å²) in [6.45, 7) is 8.06. The van der Waals surface area contributed by atoms with E-state index in [9.17, 15) is 4.79 Å². The van der Waals surface area contributed by atoms with E-state index in [2.05, 4.69) is 43.1 Å². The highest BCUT2D eigenvalue weighted by molar-refractivity contribution is 5.97. The van der Waals surface area contributed by atoms with Crippen LogP contribution < -0.4 is 0 Å². The van der Waals surface area contributed by atoms with E-state index in [4.69, 9.17) is 4.74 Å². The lowest BCUT2D eigenvalue weighted by molar-refractivity contribution is -0.136. The summed E-state index contributed by atoms with van der Waals surface area (Å²) < 4.78 is 4.95. The maximum absolute atomic E-state index is 12.1. The van der Waals surface area contributed by atoms with Gasteiger partial charge in [0.05, 0.1) is 12.7 Å². The van der Waals surface area contributed by atoms with E-state index in [1.165, 1.54) is 12.7 Å². The van der Waals surface area contributed by atoms with E-state index in [0.29, 0.717) is 5.57 Å². The quantitative estimate of drug-likeness (QED) is 0.770. The number of carbonyl (C=O) groups is 1. The minimum absolute atomic E-state index is 0.0144. The topological polar surface area (TPSA) is 38.7 Å². The second kappa shape index (κ2) is 5.61. The van der Waals surface area contributed by atoms with Crippen LogP contribution in [0.4, 0.5) is 0 Å². The third-order valence-electron chi connectivity index (χ3n) is 4.05. The van der Waals surface area contributed by atoms with Crippen molar-refractivity contribution in [3.63, 3.8) is 0 Å². The van der Waals surface area contributed by atoms with E-state index in [1.54, 1.807) is 0 Å². The molecule has 1 aromatic rings. The largest absolute Gasteiger partial charge is 0.466 e. The first-order chi connectivity index (χ1) is 9.45. The molecule has 0 fully saturated rings. The molecule has 3 heteroatoms. The number of allylic oxidation sites excluding steroid dienone is 1. The second-order valence-electron chi connectivity index (χ2n) is 5.42. The molecule has 1 aliphatic rings. The van der Waals surface area contributed by atoms with Gasteiger partial charge in [-0.1, -0.05) is 36.8 Å². The lowest BCUT2D eigenvalue weighted by Gasteiger charge is -2.30. The Bertz CT molecular complexity index is 582. The zero-order valence-corrected chi connectivity index (χ0v) is 12.7. The fourth-order valence-corrected chi connectivity index (χ4v) is 2.76. The number of rotatable bonds is 2. The number of aliphatic imine (C=N–C) groups is 1. The lowest BCUT2D eigenvalue weighted by Crippen LogP contribution is -2.28. The van der Waals surface area contributed by atoms with Crippen LogP contribution in [0.2, 0.25) is 0 Å². The fraction of sp³-hybridized carbons (Fsp3) is 0.412. The zero-order valence-electron chi connectivity index (χ0n) is 12.7. The first-order valence-corrected chi connectivity index (χ1v) is 6.86.